The van der Waals surface area contributed by atoms with Crippen molar-refractivity contribution in [3.8, 4) is 16.9 Å². The fraction of sp³-hybridized carbons (Fsp3) is 0.190. The molecule has 0 bridgehead atoms. The molecule has 0 aliphatic carbocycles. The Hall–Kier alpha value is -3.65. The van der Waals surface area contributed by atoms with Gasteiger partial charge in [-0.1, -0.05) is 18.2 Å². The molecule has 2 N–H and O–H groups in total. The molecule has 1 aliphatic heterocycles. The number of nitrogens with zero attached hydrogens (tertiary/aromatic N) is 1. The number of aliphatic hydroxyl groups is 1. The van der Waals surface area contributed by atoms with Crippen molar-refractivity contribution < 1.29 is 29.0 Å². The molecular formula is C21H20N2O6. The molecule has 29 heavy (non-hydrogen) atoms. The van der Waals surface area contributed by atoms with Crippen LogP contribution >= 0.6 is 0 Å². The van der Waals surface area contributed by atoms with Gasteiger partial charge in [-0.15, -0.1) is 0 Å². The number of carbonyl (C=O) groups excluding carboxylic acids is 3. The van der Waals surface area contributed by atoms with E-state index in [0.29, 0.717) is 28.1 Å². The molecule has 150 valence electrons. The van der Waals surface area contributed by atoms with Crippen LogP contribution in [0.15, 0.2) is 54.2 Å². The topological polar surface area (TPSA) is 105 Å². The molecule has 0 radical (unpaired) electrons. The summed E-state index contributed by atoms with van der Waals surface area (Å²) in [7, 11) is 2.84. The van der Waals surface area contributed by atoms with Crippen molar-refractivity contribution in [3.05, 3.63) is 59.8 Å². The van der Waals surface area contributed by atoms with Crippen LogP contribution in [0.5, 0.6) is 5.75 Å². The summed E-state index contributed by atoms with van der Waals surface area (Å²) in [6.45, 7) is -0.416. The average Bonchev–Trinajstić information content (AvgIpc) is 3.01. The fourth-order valence-electron chi connectivity index (χ4n) is 3.06. The molecule has 0 atom stereocenters. The van der Waals surface area contributed by atoms with Crippen molar-refractivity contribution in [3.63, 3.8) is 0 Å². The highest BCUT2D eigenvalue weighted by atomic mass is 16.5. The van der Waals surface area contributed by atoms with Gasteiger partial charge >= 0.3 is 5.97 Å². The van der Waals surface area contributed by atoms with Crippen molar-refractivity contribution in [1.82, 2.24) is 4.90 Å². The number of rotatable bonds is 7. The number of aliphatic hydroxyl groups excluding tert-OH is 1. The number of anilines is 1. The third kappa shape index (κ3) is 3.97. The van der Waals surface area contributed by atoms with Gasteiger partial charge in [-0.2, -0.15) is 0 Å². The number of β-amino-alcohol motifs (C(OH)–C–C–N with tert-alkyl or cyclic N) is 1. The molecule has 1 heterocycles. The second-order valence-electron chi connectivity index (χ2n) is 6.15. The zero-order chi connectivity index (χ0) is 21.0. The zero-order valence-corrected chi connectivity index (χ0v) is 16.0. The lowest BCUT2D eigenvalue weighted by Gasteiger charge is -2.17. The van der Waals surface area contributed by atoms with Gasteiger partial charge in [-0.05, 0) is 29.8 Å². The summed E-state index contributed by atoms with van der Waals surface area (Å²) in [5, 5.41) is 12.0. The van der Waals surface area contributed by atoms with Crippen molar-refractivity contribution in [1.29, 1.82) is 0 Å². The van der Waals surface area contributed by atoms with Crippen molar-refractivity contribution >= 4 is 23.5 Å². The monoisotopic (exact) mass is 396 g/mol. The molecule has 1 aliphatic rings. The summed E-state index contributed by atoms with van der Waals surface area (Å²) in [4.78, 5) is 37.8. The third-order valence-electron chi connectivity index (χ3n) is 4.45. The Labute approximate surface area is 167 Å². The first-order valence-corrected chi connectivity index (χ1v) is 8.81. The Bertz CT molecular complexity index is 981. The van der Waals surface area contributed by atoms with Gasteiger partial charge < -0.3 is 19.9 Å². The number of imide groups is 1. The predicted molar refractivity (Wildman–Crippen MR) is 105 cm³/mol. The lowest BCUT2D eigenvalue weighted by molar-refractivity contribution is -0.137. The highest BCUT2D eigenvalue weighted by molar-refractivity contribution is 6.18. The van der Waals surface area contributed by atoms with Crippen LogP contribution in [-0.4, -0.2) is 55.2 Å². The summed E-state index contributed by atoms with van der Waals surface area (Å²) in [6, 6.07) is 12.0. The van der Waals surface area contributed by atoms with Crippen molar-refractivity contribution in [2.24, 2.45) is 0 Å². The largest absolute Gasteiger partial charge is 0.497 e. The normalized spacial score (nSPS) is 13.3. The molecule has 2 amide bonds. The van der Waals surface area contributed by atoms with Crippen LogP contribution in [0, 0.1) is 0 Å². The first-order valence-electron chi connectivity index (χ1n) is 8.81. The number of methoxy groups -OCH3 is 2. The van der Waals surface area contributed by atoms with Crippen LogP contribution in [0.25, 0.3) is 11.1 Å². The summed E-state index contributed by atoms with van der Waals surface area (Å²) in [5.74, 6) is -0.947. The van der Waals surface area contributed by atoms with Gasteiger partial charge in [0.25, 0.3) is 11.8 Å². The Kier molecular flexibility index (Phi) is 5.94. The van der Waals surface area contributed by atoms with Gasteiger partial charge in [0.2, 0.25) is 0 Å². The molecule has 8 nitrogen and oxygen atoms in total. The standard InChI is InChI=1S/C21H20N2O6/c1-28-14-8-6-13(7-9-14)19-15(21(27)29-2)4-3-5-16(19)22-17-12-18(25)23(10-11-24)20(17)26/h3-9,12,22,24H,10-11H2,1-2H3. The minimum Gasteiger partial charge on any atom is -0.497 e. The van der Waals surface area contributed by atoms with Gasteiger partial charge in [0, 0.05) is 17.3 Å². The van der Waals surface area contributed by atoms with E-state index in [2.05, 4.69) is 5.32 Å². The van der Waals surface area contributed by atoms with Crippen molar-refractivity contribution in [2.75, 3.05) is 32.7 Å². The first kappa shape index (κ1) is 20.1. The summed E-state index contributed by atoms with van der Waals surface area (Å²) < 4.78 is 10.1. The lowest BCUT2D eigenvalue weighted by atomic mass is 9.97. The van der Waals surface area contributed by atoms with E-state index < -0.39 is 17.8 Å². The average molecular weight is 396 g/mol. The number of carbonyl (C=O) groups is 3. The van der Waals surface area contributed by atoms with E-state index in [0.717, 1.165) is 4.90 Å². The number of benzene rings is 2. The number of amides is 2. The third-order valence-corrected chi connectivity index (χ3v) is 4.45. The molecule has 8 heteroatoms. The Balaban J connectivity index is 2.05. The van der Waals surface area contributed by atoms with Gasteiger partial charge in [0.05, 0.1) is 32.9 Å². The molecule has 3 rings (SSSR count). The van der Waals surface area contributed by atoms with Crippen molar-refractivity contribution in [2.45, 2.75) is 0 Å². The van der Waals surface area contributed by atoms with Crippen LogP contribution in [0.3, 0.4) is 0 Å². The van der Waals surface area contributed by atoms with Crippen LogP contribution < -0.4 is 10.1 Å². The van der Waals surface area contributed by atoms with E-state index in [4.69, 9.17) is 14.6 Å². The van der Waals surface area contributed by atoms with Gasteiger partial charge in [-0.25, -0.2) is 4.79 Å². The number of esters is 1. The maximum Gasteiger partial charge on any atom is 0.338 e. The Morgan fingerprint density at radius 2 is 1.83 bits per heavy atom. The summed E-state index contributed by atoms with van der Waals surface area (Å²) >= 11 is 0. The second-order valence-corrected chi connectivity index (χ2v) is 6.15. The highest BCUT2D eigenvalue weighted by Gasteiger charge is 2.31. The minimum absolute atomic E-state index is 0.0558. The second kappa shape index (κ2) is 8.57. The first-order chi connectivity index (χ1) is 14.0. The number of nitrogens with one attached hydrogen (secondary N) is 1. The van der Waals surface area contributed by atoms with E-state index in [1.807, 2.05) is 0 Å². The molecule has 0 aromatic heterocycles. The maximum absolute atomic E-state index is 12.5. The van der Waals surface area contributed by atoms with E-state index in [1.165, 1.54) is 13.2 Å². The SMILES string of the molecule is COC(=O)c1cccc(NC2=CC(=O)N(CCO)C2=O)c1-c1ccc(OC)cc1. The number of ether oxygens (including phenoxy) is 2. The predicted octanol–water partition coefficient (Wildman–Crippen LogP) is 1.81. The van der Waals surface area contributed by atoms with E-state index in [1.54, 1.807) is 49.6 Å². The fourth-order valence-corrected chi connectivity index (χ4v) is 3.06. The maximum atomic E-state index is 12.5. The quantitative estimate of drug-likeness (QED) is 0.543. The van der Waals surface area contributed by atoms with Gasteiger partial charge in [0.15, 0.2) is 0 Å². The number of hydrogen-bond donors (Lipinski definition) is 2. The summed E-state index contributed by atoms with van der Waals surface area (Å²) in [6.07, 6.45) is 1.17. The molecule has 0 fully saturated rings. The smallest absolute Gasteiger partial charge is 0.338 e. The minimum atomic E-state index is -0.548. The van der Waals surface area contributed by atoms with Crippen LogP contribution in [0.2, 0.25) is 0 Å². The molecular weight excluding hydrogens is 376 g/mol. The Morgan fingerprint density at radius 1 is 1.10 bits per heavy atom. The van der Waals surface area contributed by atoms with Crippen LogP contribution in [-0.2, 0) is 14.3 Å². The molecule has 0 spiro atoms. The highest BCUT2D eigenvalue weighted by Crippen LogP contribution is 2.34. The number of hydrogen-bond acceptors (Lipinski definition) is 7. The Morgan fingerprint density at radius 3 is 2.45 bits per heavy atom. The molecule has 0 saturated carbocycles. The van der Waals surface area contributed by atoms with E-state index in [-0.39, 0.29) is 18.8 Å². The van der Waals surface area contributed by atoms with Crippen LogP contribution in [0.4, 0.5) is 5.69 Å². The van der Waals surface area contributed by atoms with Gasteiger partial charge in [0.1, 0.15) is 11.4 Å². The molecule has 2 aromatic rings. The lowest BCUT2D eigenvalue weighted by Crippen LogP contribution is -2.34. The zero-order valence-electron chi connectivity index (χ0n) is 16.0. The molecule has 0 saturated heterocycles. The van der Waals surface area contributed by atoms with Crippen LogP contribution in [0.1, 0.15) is 10.4 Å². The summed E-state index contributed by atoms with van der Waals surface area (Å²) in [5.41, 5.74) is 2.02. The van der Waals surface area contributed by atoms with Gasteiger partial charge in [-0.3, -0.25) is 14.5 Å². The molecule has 0 unspecified atom stereocenters. The van der Waals surface area contributed by atoms with E-state index in [9.17, 15) is 14.4 Å². The van der Waals surface area contributed by atoms with E-state index >= 15 is 0 Å². The molecule has 2 aromatic carbocycles.